The Morgan fingerprint density at radius 1 is 1.33 bits per heavy atom. The van der Waals surface area contributed by atoms with Crippen LogP contribution < -0.4 is 11.1 Å². The maximum atomic E-state index is 11.7. The number of aryl methyl sites for hydroxylation is 1. The summed E-state index contributed by atoms with van der Waals surface area (Å²) < 4.78 is 4.97. The van der Waals surface area contributed by atoms with E-state index in [4.69, 9.17) is 10.5 Å². The van der Waals surface area contributed by atoms with E-state index in [1.54, 1.807) is 37.5 Å². The predicted octanol–water partition coefficient (Wildman–Crippen LogP) is 2.16. The fourth-order valence-corrected chi connectivity index (χ4v) is 1.75. The number of nitrogens with two attached hydrogens (primary N) is 1. The number of esters is 1. The van der Waals surface area contributed by atoms with Crippen molar-refractivity contribution < 1.29 is 9.53 Å². The van der Waals surface area contributed by atoms with E-state index in [-0.39, 0.29) is 5.97 Å². The monoisotopic (exact) mass is 286 g/mol. The standard InChI is InChI=1S/C15H18N4O2/c1-3-21-15(20)11-4-5-13(16)14(6-11)19-9-12-8-17-10(2)7-18-12/h4-8,19H,3,9,16H2,1-2H3. The van der Waals surface area contributed by atoms with Gasteiger partial charge in [-0.15, -0.1) is 0 Å². The number of carbonyl (C=O) groups excluding carboxylic acids is 1. The van der Waals surface area contributed by atoms with Crippen LogP contribution in [0.5, 0.6) is 0 Å². The molecular formula is C15H18N4O2. The van der Waals surface area contributed by atoms with Crippen LogP contribution in [0.15, 0.2) is 30.6 Å². The SMILES string of the molecule is CCOC(=O)c1ccc(N)c(NCc2cnc(C)cn2)c1. The third kappa shape index (κ3) is 3.92. The van der Waals surface area contributed by atoms with Gasteiger partial charge in [0.05, 0.1) is 47.7 Å². The zero-order valence-electron chi connectivity index (χ0n) is 12.1. The Hall–Kier alpha value is -2.63. The lowest BCUT2D eigenvalue weighted by Crippen LogP contribution is -2.08. The normalized spacial score (nSPS) is 10.2. The Labute approximate surface area is 123 Å². The molecule has 0 spiro atoms. The number of rotatable bonds is 5. The van der Waals surface area contributed by atoms with E-state index in [0.29, 0.717) is 30.1 Å². The highest BCUT2D eigenvalue weighted by Crippen LogP contribution is 2.21. The number of hydrogen-bond donors (Lipinski definition) is 2. The average molecular weight is 286 g/mol. The highest BCUT2D eigenvalue weighted by atomic mass is 16.5. The first-order valence-electron chi connectivity index (χ1n) is 6.68. The van der Waals surface area contributed by atoms with E-state index in [1.807, 2.05) is 6.92 Å². The van der Waals surface area contributed by atoms with Gasteiger partial charge < -0.3 is 15.8 Å². The van der Waals surface area contributed by atoms with E-state index >= 15 is 0 Å². The van der Waals surface area contributed by atoms with Crippen LogP contribution in [-0.2, 0) is 11.3 Å². The van der Waals surface area contributed by atoms with Crippen molar-refractivity contribution in [3.8, 4) is 0 Å². The zero-order valence-corrected chi connectivity index (χ0v) is 12.1. The van der Waals surface area contributed by atoms with Crippen LogP contribution in [0.2, 0.25) is 0 Å². The Morgan fingerprint density at radius 3 is 2.81 bits per heavy atom. The minimum Gasteiger partial charge on any atom is -0.462 e. The average Bonchev–Trinajstić information content (AvgIpc) is 2.48. The first-order valence-corrected chi connectivity index (χ1v) is 6.68. The topological polar surface area (TPSA) is 90.1 Å². The summed E-state index contributed by atoms with van der Waals surface area (Å²) in [6.45, 7) is 4.46. The molecule has 0 bridgehead atoms. The molecule has 21 heavy (non-hydrogen) atoms. The van der Waals surface area contributed by atoms with Gasteiger partial charge in [-0.1, -0.05) is 0 Å². The van der Waals surface area contributed by atoms with Crippen molar-refractivity contribution in [1.29, 1.82) is 0 Å². The van der Waals surface area contributed by atoms with Crippen LogP contribution in [0, 0.1) is 6.92 Å². The van der Waals surface area contributed by atoms with Crippen LogP contribution in [0.1, 0.15) is 28.7 Å². The van der Waals surface area contributed by atoms with Crippen molar-refractivity contribution in [2.45, 2.75) is 20.4 Å². The Kier molecular flexibility index (Phi) is 4.71. The molecule has 2 rings (SSSR count). The quantitative estimate of drug-likeness (QED) is 0.646. The molecule has 110 valence electrons. The second kappa shape index (κ2) is 6.69. The van der Waals surface area contributed by atoms with Crippen molar-refractivity contribution in [3.63, 3.8) is 0 Å². The van der Waals surface area contributed by atoms with Gasteiger partial charge in [0, 0.05) is 6.20 Å². The van der Waals surface area contributed by atoms with Gasteiger partial charge in [-0.2, -0.15) is 0 Å². The van der Waals surface area contributed by atoms with E-state index in [2.05, 4.69) is 15.3 Å². The number of nitrogens with one attached hydrogen (secondary N) is 1. The van der Waals surface area contributed by atoms with Gasteiger partial charge in [-0.3, -0.25) is 9.97 Å². The lowest BCUT2D eigenvalue weighted by atomic mass is 10.1. The molecule has 0 saturated heterocycles. The Bertz CT molecular complexity index is 626. The predicted molar refractivity (Wildman–Crippen MR) is 80.9 cm³/mol. The molecule has 0 aliphatic heterocycles. The Balaban J connectivity index is 2.10. The highest BCUT2D eigenvalue weighted by Gasteiger charge is 2.09. The van der Waals surface area contributed by atoms with Crippen LogP contribution in [0.3, 0.4) is 0 Å². The minimum atomic E-state index is -0.365. The lowest BCUT2D eigenvalue weighted by molar-refractivity contribution is 0.0526. The van der Waals surface area contributed by atoms with Crippen molar-refractivity contribution >= 4 is 17.3 Å². The van der Waals surface area contributed by atoms with E-state index < -0.39 is 0 Å². The van der Waals surface area contributed by atoms with Crippen LogP contribution >= 0.6 is 0 Å². The summed E-state index contributed by atoms with van der Waals surface area (Å²) in [7, 11) is 0. The van der Waals surface area contributed by atoms with E-state index in [9.17, 15) is 4.79 Å². The van der Waals surface area contributed by atoms with Gasteiger partial charge >= 0.3 is 5.97 Å². The van der Waals surface area contributed by atoms with Crippen molar-refractivity contribution in [2.75, 3.05) is 17.7 Å². The molecule has 0 saturated carbocycles. The van der Waals surface area contributed by atoms with Crippen LogP contribution in [0.4, 0.5) is 11.4 Å². The molecule has 6 heteroatoms. The summed E-state index contributed by atoms with van der Waals surface area (Å²) in [5.74, 6) is -0.365. The number of nitrogen functional groups attached to an aromatic ring is 1. The molecule has 0 radical (unpaired) electrons. The lowest BCUT2D eigenvalue weighted by Gasteiger charge is -2.10. The van der Waals surface area contributed by atoms with Gasteiger partial charge in [0.15, 0.2) is 0 Å². The summed E-state index contributed by atoms with van der Waals surface area (Å²) in [6.07, 6.45) is 3.41. The van der Waals surface area contributed by atoms with Gasteiger partial charge in [-0.25, -0.2) is 4.79 Å². The number of hydrogen-bond acceptors (Lipinski definition) is 6. The summed E-state index contributed by atoms with van der Waals surface area (Å²) in [6, 6.07) is 4.99. The molecule has 0 aliphatic rings. The number of carbonyl (C=O) groups is 1. The molecule has 0 aliphatic carbocycles. The van der Waals surface area contributed by atoms with E-state index in [1.165, 1.54) is 0 Å². The smallest absolute Gasteiger partial charge is 0.338 e. The molecule has 1 heterocycles. The van der Waals surface area contributed by atoms with Crippen molar-refractivity contribution in [3.05, 3.63) is 47.5 Å². The molecule has 1 aromatic carbocycles. The number of aromatic nitrogens is 2. The fourth-order valence-electron chi connectivity index (χ4n) is 1.75. The van der Waals surface area contributed by atoms with Gasteiger partial charge in [0.2, 0.25) is 0 Å². The Morgan fingerprint density at radius 2 is 2.14 bits per heavy atom. The molecule has 0 amide bonds. The summed E-state index contributed by atoms with van der Waals surface area (Å²) in [5, 5.41) is 3.15. The van der Waals surface area contributed by atoms with Crippen LogP contribution in [-0.4, -0.2) is 22.5 Å². The number of anilines is 2. The molecule has 0 unspecified atom stereocenters. The first-order chi connectivity index (χ1) is 10.1. The molecule has 0 fully saturated rings. The molecule has 2 aromatic rings. The van der Waals surface area contributed by atoms with Crippen molar-refractivity contribution in [1.82, 2.24) is 9.97 Å². The van der Waals surface area contributed by atoms with Crippen molar-refractivity contribution in [2.24, 2.45) is 0 Å². The number of benzene rings is 1. The third-order valence-electron chi connectivity index (χ3n) is 2.86. The van der Waals surface area contributed by atoms with Crippen LogP contribution in [0.25, 0.3) is 0 Å². The van der Waals surface area contributed by atoms with Gasteiger partial charge in [0.25, 0.3) is 0 Å². The molecule has 0 atom stereocenters. The second-order valence-corrected chi connectivity index (χ2v) is 4.53. The maximum absolute atomic E-state index is 11.7. The number of nitrogens with zero attached hydrogens (tertiary/aromatic N) is 2. The summed E-state index contributed by atoms with van der Waals surface area (Å²) >= 11 is 0. The number of ether oxygens (including phenoxy) is 1. The summed E-state index contributed by atoms with van der Waals surface area (Å²) in [5.41, 5.74) is 9.25. The third-order valence-corrected chi connectivity index (χ3v) is 2.86. The fraction of sp³-hybridized carbons (Fsp3) is 0.267. The highest BCUT2D eigenvalue weighted by molar-refractivity contribution is 5.92. The molecule has 3 N–H and O–H groups in total. The van der Waals surface area contributed by atoms with Gasteiger partial charge in [0.1, 0.15) is 0 Å². The molecule has 1 aromatic heterocycles. The minimum absolute atomic E-state index is 0.338. The summed E-state index contributed by atoms with van der Waals surface area (Å²) in [4.78, 5) is 20.1. The second-order valence-electron chi connectivity index (χ2n) is 4.53. The first kappa shape index (κ1) is 14.8. The van der Waals surface area contributed by atoms with E-state index in [0.717, 1.165) is 11.4 Å². The molecular weight excluding hydrogens is 268 g/mol. The maximum Gasteiger partial charge on any atom is 0.338 e. The van der Waals surface area contributed by atoms with Gasteiger partial charge in [-0.05, 0) is 32.0 Å². The largest absolute Gasteiger partial charge is 0.462 e. The zero-order chi connectivity index (χ0) is 15.2. The molecule has 6 nitrogen and oxygen atoms in total.